The Morgan fingerprint density at radius 3 is 1.94 bits per heavy atom. The largest absolute Gasteiger partial charge is 0.481 e. The third kappa shape index (κ3) is 6.53. The number of aliphatic carboxylic acids is 1. The van der Waals surface area contributed by atoms with E-state index in [1.807, 2.05) is 30.5 Å². The van der Waals surface area contributed by atoms with Gasteiger partial charge < -0.3 is 5.11 Å². The highest BCUT2D eigenvalue weighted by Crippen LogP contribution is 2.28. The van der Waals surface area contributed by atoms with E-state index in [1.165, 1.54) is 24.8 Å². The molecule has 1 atom stereocenters. The Balaban J connectivity index is 1.67. The Kier molecular flexibility index (Phi) is 9.03. The van der Waals surface area contributed by atoms with Crippen LogP contribution in [0.15, 0.2) is 66.9 Å². The molecule has 1 aromatic heterocycles. The Hall–Kier alpha value is -2.94. The average Bonchev–Trinajstić information content (AvgIpc) is 2.83. The highest BCUT2D eigenvalue weighted by atomic mass is 16.4. The van der Waals surface area contributed by atoms with Crippen molar-refractivity contribution in [2.45, 2.75) is 71.1 Å². The molecule has 0 bridgehead atoms. The van der Waals surface area contributed by atoms with Crippen LogP contribution in [0.1, 0.15) is 75.8 Å². The van der Waals surface area contributed by atoms with E-state index in [2.05, 4.69) is 55.2 Å². The molecular weight excluding hydrogens is 394 g/mol. The summed E-state index contributed by atoms with van der Waals surface area (Å²) in [6.45, 7) is 4.36. The maximum Gasteiger partial charge on any atom is 0.310 e. The summed E-state index contributed by atoms with van der Waals surface area (Å²) in [6.07, 6.45) is 10.6. The first-order valence-corrected chi connectivity index (χ1v) is 12.0. The molecule has 0 aliphatic heterocycles. The first-order chi connectivity index (χ1) is 15.6. The molecule has 0 fully saturated rings. The number of aromatic nitrogens is 1. The summed E-state index contributed by atoms with van der Waals surface area (Å²) in [5, 5.41) is 9.62. The van der Waals surface area contributed by atoms with Crippen molar-refractivity contribution in [3.63, 3.8) is 0 Å². The smallest absolute Gasteiger partial charge is 0.310 e. The highest BCUT2D eigenvalue weighted by Gasteiger charge is 2.19. The van der Waals surface area contributed by atoms with Crippen molar-refractivity contribution in [1.29, 1.82) is 0 Å². The predicted octanol–water partition coefficient (Wildman–Crippen LogP) is 7.90. The molecule has 0 aliphatic carbocycles. The van der Waals surface area contributed by atoms with Crippen LogP contribution in [0.25, 0.3) is 22.4 Å². The maximum absolute atomic E-state index is 11.7. The molecule has 0 saturated carbocycles. The molecule has 3 nitrogen and oxygen atoms in total. The number of carbonyl (C=O) groups is 1. The monoisotopic (exact) mass is 429 g/mol. The summed E-state index contributed by atoms with van der Waals surface area (Å²) in [7, 11) is 0. The van der Waals surface area contributed by atoms with Crippen LogP contribution in [-0.2, 0) is 11.2 Å². The minimum absolute atomic E-state index is 0.422. The minimum Gasteiger partial charge on any atom is -0.481 e. The van der Waals surface area contributed by atoms with Crippen molar-refractivity contribution in [2.24, 2.45) is 0 Å². The van der Waals surface area contributed by atoms with Gasteiger partial charge in [0.2, 0.25) is 0 Å². The normalized spacial score (nSPS) is 11.9. The van der Waals surface area contributed by atoms with Gasteiger partial charge in [-0.3, -0.25) is 9.78 Å². The average molecular weight is 430 g/mol. The highest BCUT2D eigenvalue weighted by molar-refractivity contribution is 5.77. The minimum atomic E-state index is -0.734. The van der Waals surface area contributed by atoms with Gasteiger partial charge in [0, 0.05) is 11.8 Å². The Labute approximate surface area is 192 Å². The molecule has 3 aromatic rings. The van der Waals surface area contributed by atoms with Crippen molar-refractivity contribution in [3.8, 4) is 22.4 Å². The molecule has 0 spiro atoms. The Morgan fingerprint density at radius 2 is 1.38 bits per heavy atom. The number of nitrogens with zero attached hydrogens (tertiary/aromatic N) is 1. The van der Waals surface area contributed by atoms with Crippen LogP contribution in [0, 0.1) is 0 Å². The first-order valence-electron chi connectivity index (χ1n) is 12.0. The number of benzene rings is 2. The molecule has 0 saturated heterocycles. The lowest BCUT2D eigenvalue weighted by atomic mass is 9.91. The number of pyridine rings is 1. The second kappa shape index (κ2) is 12.2. The van der Waals surface area contributed by atoms with Gasteiger partial charge in [-0.1, -0.05) is 101 Å². The SMILES string of the molecule is CCCCCc1ccc(-c2ccc(-c3ccc(C(CCCCC)C(=O)O)cc3)cc2)nc1. The van der Waals surface area contributed by atoms with Crippen LogP contribution in [0.5, 0.6) is 0 Å². The van der Waals surface area contributed by atoms with Crippen molar-refractivity contribution in [2.75, 3.05) is 0 Å². The van der Waals surface area contributed by atoms with E-state index in [1.54, 1.807) is 0 Å². The molecule has 0 amide bonds. The number of unbranched alkanes of at least 4 members (excludes halogenated alkanes) is 4. The van der Waals surface area contributed by atoms with Crippen LogP contribution >= 0.6 is 0 Å². The molecule has 168 valence electrons. The van der Waals surface area contributed by atoms with Gasteiger partial charge in [-0.25, -0.2) is 0 Å². The number of hydrogen-bond acceptors (Lipinski definition) is 2. The number of rotatable bonds is 12. The summed E-state index contributed by atoms with van der Waals surface area (Å²) >= 11 is 0. The van der Waals surface area contributed by atoms with Crippen LogP contribution in [-0.4, -0.2) is 16.1 Å². The summed E-state index contributed by atoms with van der Waals surface area (Å²) in [6, 6.07) is 20.7. The van der Waals surface area contributed by atoms with E-state index in [9.17, 15) is 9.90 Å². The molecule has 32 heavy (non-hydrogen) atoms. The van der Waals surface area contributed by atoms with Gasteiger partial charge in [0.1, 0.15) is 0 Å². The third-order valence-corrected chi connectivity index (χ3v) is 6.12. The number of hydrogen-bond donors (Lipinski definition) is 1. The van der Waals surface area contributed by atoms with E-state index in [0.717, 1.165) is 53.6 Å². The van der Waals surface area contributed by atoms with Crippen molar-refractivity contribution < 1.29 is 9.90 Å². The van der Waals surface area contributed by atoms with Crippen LogP contribution in [0.4, 0.5) is 0 Å². The number of carboxylic acid groups (broad SMARTS) is 1. The van der Waals surface area contributed by atoms with E-state index in [-0.39, 0.29) is 0 Å². The fraction of sp³-hybridized carbons (Fsp3) is 0.379. The molecule has 2 aromatic carbocycles. The summed E-state index contributed by atoms with van der Waals surface area (Å²) in [4.78, 5) is 16.4. The van der Waals surface area contributed by atoms with Gasteiger partial charge in [0.05, 0.1) is 11.6 Å². The lowest BCUT2D eigenvalue weighted by Gasteiger charge is -2.13. The van der Waals surface area contributed by atoms with Gasteiger partial charge >= 0.3 is 5.97 Å². The molecule has 1 N–H and O–H groups in total. The van der Waals surface area contributed by atoms with Crippen molar-refractivity contribution in [3.05, 3.63) is 78.0 Å². The van der Waals surface area contributed by atoms with E-state index in [4.69, 9.17) is 0 Å². The first kappa shape index (κ1) is 23.7. The molecular formula is C29H35NO2. The van der Waals surface area contributed by atoms with E-state index < -0.39 is 11.9 Å². The van der Waals surface area contributed by atoms with E-state index in [0.29, 0.717) is 6.42 Å². The number of aryl methyl sites for hydroxylation is 1. The van der Waals surface area contributed by atoms with Gasteiger partial charge in [-0.2, -0.15) is 0 Å². The second-order valence-electron chi connectivity index (χ2n) is 8.59. The maximum atomic E-state index is 11.7. The van der Waals surface area contributed by atoms with Crippen molar-refractivity contribution in [1.82, 2.24) is 4.98 Å². The van der Waals surface area contributed by atoms with E-state index >= 15 is 0 Å². The van der Waals surface area contributed by atoms with Gasteiger partial charge in [0.15, 0.2) is 0 Å². The zero-order valence-corrected chi connectivity index (χ0v) is 19.4. The zero-order chi connectivity index (χ0) is 22.8. The standard InChI is InChI=1S/C29H35NO2/c1-3-5-7-9-22-11-20-28(30-21-22)26-18-14-24(15-19-26)23-12-16-25(17-13-23)27(29(31)32)10-8-6-4-2/h11-21,27H,3-10H2,1-2H3,(H,31,32). The zero-order valence-electron chi connectivity index (χ0n) is 19.4. The number of carboxylic acids is 1. The van der Waals surface area contributed by atoms with Gasteiger partial charge in [0.25, 0.3) is 0 Å². The van der Waals surface area contributed by atoms with Crippen molar-refractivity contribution >= 4 is 5.97 Å². The van der Waals surface area contributed by atoms with Crippen LogP contribution < -0.4 is 0 Å². The second-order valence-corrected chi connectivity index (χ2v) is 8.59. The fourth-order valence-electron chi connectivity index (χ4n) is 4.09. The summed E-state index contributed by atoms with van der Waals surface area (Å²) in [5.41, 5.74) is 6.49. The molecule has 1 unspecified atom stereocenters. The fourth-order valence-corrected chi connectivity index (χ4v) is 4.09. The molecule has 3 rings (SSSR count). The van der Waals surface area contributed by atoms with Crippen LogP contribution in [0.2, 0.25) is 0 Å². The third-order valence-electron chi connectivity index (χ3n) is 6.12. The van der Waals surface area contributed by atoms with Gasteiger partial charge in [-0.15, -0.1) is 0 Å². The Bertz CT molecular complexity index is 960. The summed E-state index contributed by atoms with van der Waals surface area (Å²) in [5.74, 6) is -1.16. The molecule has 3 heteroatoms. The van der Waals surface area contributed by atoms with Crippen LogP contribution in [0.3, 0.4) is 0 Å². The topological polar surface area (TPSA) is 50.2 Å². The lowest BCUT2D eigenvalue weighted by molar-refractivity contribution is -0.139. The molecule has 0 radical (unpaired) electrons. The van der Waals surface area contributed by atoms with Gasteiger partial charge in [-0.05, 0) is 47.6 Å². The molecule has 0 aliphatic rings. The predicted molar refractivity (Wildman–Crippen MR) is 133 cm³/mol. The lowest BCUT2D eigenvalue weighted by Crippen LogP contribution is -2.11. The Morgan fingerprint density at radius 1 is 0.781 bits per heavy atom. The molecule has 1 heterocycles. The quantitative estimate of drug-likeness (QED) is 0.298. The summed E-state index contributed by atoms with van der Waals surface area (Å²) < 4.78 is 0.